The summed E-state index contributed by atoms with van der Waals surface area (Å²) in [5.41, 5.74) is 3.01. The molecule has 0 N–H and O–H groups in total. The third kappa shape index (κ3) is 2.14. The van der Waals surface area contributed by atoms with E-state index in [1.807, 2.05) is 29.8 Å². The van der Waals surface area contributed by atoms with Gasteiger partial charge in [0.2, 0.25) is 0 Å². The molecule has 0 fully saturated rings. The summed E-state index contributed by atoms with van der Waals surface area (Å²) >= 11 is 0. The van der Waals surface area contributed by atoms with Crippen LogP contribution < -0.4 is 0 Å². The summed E-state index contributed by atoms with van der Waals surface area (Å²) in [4.78, 5) is 20.2. The van der Waals surface area contributed by atoms with Gasteiger partial charge in [0, 0.05) is 18.8 Å². The third-order valence-corrected chi connectivity index (χ3v) is 2.79. The zero-order valence-corrected chi connectivity index (χ0v) is 10.8. The first-order valence-corrected chi connectivity index (χ1v) is 6.02. The fourth-order valence-corrected chi connectivity index (χ4v) is 2.09. The van der Waals surface area contributed by atoms with Gasteiger partial charge in [-0.05, 0) is 26.0 Å². The number of fused-ring (bicyclic) bond motifs is 1. The van der Waals surface area contributed by atoms with Crippen molar-refractivity contribution in [2.75, 3.05) is 0 Å². The molecule has 0 spiro atoms. The number of furan rings is 1. The number of carbonyl (C=O) groups excluding carboxylic acids is 1. The molecule has 96 valence electrons. The van der Waals surface area contributed by atoms with Gasteiger partial charge in [0.05, 0.1) is 17.7 Å². The van der Waals surface area contributed by atoms with Gasteiger partial charge in [0.15, 0.2) is 11.4 Å². The van der Waals surface area contributed by atoms with Crippen molar-refractivity contribution in [3.8, 4) is 11.5 Å². The van der Waals surface area contributed by atoms with Crippen molar-refractivity contribution < 1.29 is 9.21 Å². The van der Waals surface area contributed by atoms with E-state index in [-0.39, 0.29) is 5.78 Å². The molecule has 0 amide bonds. The molecule has 5 nitrogen and oxygen atoms in total. The number of hydrogen-bond acceptors (Lipinski definition) is 4. The molecular formula is C14H13N3O2. The molecular weight excluding hydrogens is 242 g/mol. The van der Waals surface area contributed by atoms with Crippen molar-refractivity contribution in [2.45, 2.75) is 20.3 Å². The molecule has 0 aliphatic heterocycles. The van der Waals surface area contributed by atoms with Crippen LogP contribution in [0.3, 0.4) is 0 Å². The maximum Gasteiger partial charge on any atom is 0.167 e. The molecule has 0 aromatic carbocycles. The third-order valence-electron chi connectivity index (χ3n) is 2.79. The molecule has 3 aromatic heterocycles. The molecule has 0 radical (unpaired) electrons. The summed E-state index contributed by atoms with van der Waals surface area (Å²) in [6.45, 7) is 3.47. The summed E-state index contributed by atoms with van der Waals surface area (Å²) in [6.07, 6.45) is 5.65. The smallest absolute Gasteiger partial charge is 0.167 e. The lowest BCUT2D eigenvalue weighted by atomic mass is 10.2. The molecule has 0 saturated carbocycles. The Kier molecular flexibility index (Phi) is 2.67. The van der Waals surface area contributed by atoms with Gasteiger partial charge in [-0.25, -0.2) is 9.97 Å². The van der Waals surface area contributed by atoms with Gasteiger partial charge < -0.3 is 8.82 Å². The van der Waals surface area contributed by atoms with E-state index in [4.69, 9.17) is 4.42 Å². The SMILES string of the molecule is CC(=O)Cc1cn2cc(C)nc2c(-c2ccco2)n1. The number of carbonyl (C=O) groups is 1. The van der Waals surface area contributed by atoms with Crippen LogP contribution in [0.5, 0.6) is 0 Å². The molecule has 0 aliphatic rings. The minimum Gasteiger partial charge on any atom is -0.463 e. The number of ketones is 1. The fraction of sp³-hybridized carbons (Fsp3) is 0.214. The summed E-state index contributed by atoms with van der Waals surface area (Å²) in [5.74, 6) is 0.732. The second-order valence-corrected chi connectivity index (χ2v) is 4.55. The second kappa shape index (κ2) is 4.35. The first-order chi connectivity index (χ1) is 9.13. The van der Waals surface area contributed by atoms with Crippen LogP contribution in [0.1, 0.15) is 18.3 Å². The fourth-order valence-electron chi connectivity index (χ4n) is 2.09. The largest absolute Gasteiger partial charge is 0.463 e. The summed E-state index contributed by atoms with van der Waals surface area (Å²) in [6, 6.07) is 3.64. The van der Waals surface area contributed by atoms with E-state index < -0.39 is 0 Å². The van der Waals surface area contributed by atoms with Crippen LogP contribution in [0.4, 0.5) is 0 Å². The van der Waals surface area contributed by atoms with Crippen molar-refractivity contribution in [1.29, 1.82) is 0 Å². The highest BCUT2D eigenvalue weighted by molar-refractivity contribution is 5.78. The molecule has 0 bridgehead atoms. The van der Waals surface area contributed by atoms with Crippen molar-refractivity contribution in [3.05, 3.63) is 42.2 Å². The molecule has 0 atom stereocenters. The molecule has 0 aliphatic carbocycles. The van der Waals surface area contributed by atoms with Crippen LogP contribution in [0.25, 0.3) is 17.1 Å². The lowest BCUT2D eigenvalue weighted by molar-refractivity contribution is -0.116. The number of nitrogens with zero attached hydrogens (tertiary/aromatic N) is 3. The van der Waals surface area contributed by atoms with E-state index in [2.05, 4.69) is 9.97 Å². The maximum atomic E-state index is 11.3. The zero-order valence-electron chi connectivity index (χ0n) is 10.8. The van der Waals surface area contributed by atoms with E-state index >= 15 is 0 Å². The minimum absolute atomic E-state index is 0.0779. The highest BCUT2D eigenvalue weighted by atomic mass is 16.3. The molecule has 3 aromatic rings. The normalized spacial score (nSPS) is 11.1. The number of imidazole rings is 1. The van der Waals surface area contributed by atoms with E-state index in [1.54, 1.807) is 19.3 Å². The quantitative estimate of drug-likeness (QED) is 0.721. The standard InChI is InChI=1S/C14H13N3O2/c1-9-7-17-8-11(6-10(2)18)16-13(14(17)15-9)12-4-3-5-19-12/h3-5,7-8H,6H2,1-2H3. The number of aryl methyl sites for hydroxylation is 1. The summed E-state index contributed by atoms with van der Waals surface area (Å²) in [7, 11) is 0. The van der Waals surface area contributed by atoms with E-state index in [0.29, 0.717) is 23.6 Å². The van der Waals surface area contributed by atoms with E-state index in [1.165, 1.54) is 0 Å². The van der Waals surface area contributed by atoms with Crippen molar-refractivity contribution in [3.63, 3.8) is 0 Å². The highest BCUT2D eigenvalue weighted by Crippen LogP contribution is 2.23. The Labute approximate surface area is 109 Å². The van der Waals surface area contributed by atoms with Gasteiger partial charge in [-0.3, -0.25) is 4.79 Å². The van der Waals surface area contributed by atoms with Gasteiger partial charge in [-0.2, -0.15) is 0 Å². The molecule has 19 heavy (non-hydrogen) atoms. The van der Waals surface area contributed by atoms with Crippen molar-refractivity contribution >= 4 is 11.4 Å². The predicted octanol–water partition coefficient (Wildman–Crippen LogP) is 2.43. The van der Waals surface area contributed by atoms with E-state index in [0.717, 1.165) is 11.3 Å². The van der Waals surface area contributed by atoms with E-state index in [9.17, 15) is 4.79 Å². The average molecular weight is 255 g/mol. The first kappa shape index (κ1) is 11.6. The number of hydrogen-bond donors (Lipinski definition) is 0. The molecule has 0 saturated heterocycles. The monoisotopic (exact) mass is 255 g/mol. The Morgan fingerprint density at radius 1 is 1.37 bits per heavy atom. The lowest BCUT2D eigenvalue weighted by Crippen LogP contribution is -2.03. The number of aromatic nitrogens is 3. The van der Waals surface area contributed by atoms with Crippen LogP contribution >= 0.6 is 0 Å². The molecule has 3 heterocycles. The average Bonchev–Trinajstić information content (AvgIpc) is 2.94. The van der Waals surface area contributed by atoms with Crippen molar-refractivity contribution in [2.24, 2.45) is 0 Å². The Balaban J connectivity index is 2.24. The molecule has 5 heteroatoms. The van der Waals surface area contributed by atoms with Gasteiger partial charge in [0.25, 0.3) is 0 Å². The van der Waals surface area contributed by atoms with Gasteiger partial charge >= 0.3 is 0 Å². The van der Waals surface area contributed by atoms with Gasteiger partial charge in [0.1, 0.15) is 11.5 Å². The Hall–Kier alpha value is -2.43. The maximum absolute atomic E-state index is 11.3. The second-order valence-electron chi connectivity index (χ2n) is 4.55. The van der Waals surface area contributed by atoms with Crippen LogP contribution in [-0.2, 0) is 11.2 Å². The predicted molar refractivity (Wildman–Crippen MR) is 69.8 cm³/mol. The minimum atomic E-state index is 0.0779. The lowest BCUT2D eigenvalue weighted by Gasteiger charge is -2.04. The molecule has 3 rings (SSSR count). The topological polar surface area (TPSA) is 60.4 Å². The Morgan fingerprint density at radius 2 is 2.21 bits per heavy atom. The van der Waals surface area contributed by atoms with Crippen LogP contribution in [-0.4, -0.2) is 20.2 Å². The van der Waals surface area contributed by atoms with Gasteiger partial charge in [-0.15, -0.1) is 0 Å². The number of Topliss-reactive ketones (excluding diaryl/α,β-unsaturated/α-hetero) is 1. The Morgan fingerprint density at radius 3 is 2.89 bits per heavy atom. The summed E-state index contributed by atoms with van der Waals surface area (Å²) < 4.78 is 7.28. The van der Waals surface area contributed by atoms with Crippen LogP contribution in [0.2, 0.25) is 0 Å². The zero-order chi connectivity index (χ0) is 13.4. The van der Waals surface area contributed by atoms with Gasteiger partial charge in [-0.1, -0.05) is 0 Å². The number of rotatable bonds is 3. The van der Waals surface area contributed by atoms with Crippen molar-refractivity contribution in [1.82, 2.24) is 14.4 Å². The highest BCUT2D eigenvalue weighted by Gasteiger charge is 2.13. The van der Waals surface area contributed by atoms with Crippen LogP contribution in [0, 0.1) is 6.92 Å². The van der Waals surface area contributed by atoms with Crippen LogP contribution in [0.15, 0.2) is 35.2 Å². The summed E-state index contributed by atoms with van der Waals surface area (Å²) in [5, 5.41) is 0. The first-order valence-electron chi connectivity index (χ1n) is 6.02. The molecule has 0 unspecified atom stereocenters. The Bertz CT molecular complexity index is 741.